The molecule has 0 aliphatic heterocycles. The van der Waals surface area contributed by atoms with Crippen LogP contribution in [0.1, 0.15) is 16.1 Å². The van der Waals surface area contributed by atoms with Gasteiger partial charge in [-0.1, -0.05) is 46.3 Å². The molecule has 0 aliphatic rings. The maximum absolute atomic E-state index is 12.5. The first-order chi connectivity index (χ1) is 11.6. The number of carbonyl (C=O) groups is 1. The molecule has 3 nitrogen and oxygen atoms in total. The van der Waals surface area contributed by atoms with Crippen LogP contribution in [-0.2, 0) is 0 Å². The monoisotopic (exact) mass is 379 g/mol. The van der Waals surface area contributed by atoms with Crippen molar-refractivity contribution in [3.8, 4) is 0 Å². The molecule has 0 unspecified atom stereocenters. The van der Waals surface area contributed by atoms with Gasteiger partial charge in [-0.2, -0.15) is 0 Å². The largest absolute Gasteiger partial charge is 0.451 e. The molecule has 4 heteroatoms. The molecule has 4 rings (SSSR count). The number of amides is 1. The molecule has 0 bridgehead atoms. The van der Waals surface area contributed by atoms with Crippen LogP contribution in [0.25, 0.3) is 21.7 Å². The maximum atomic E-state index is 12.5. The second kappa shape index (κ2) is 5.80. The molecule has 4 aromatic rings. The fourth-order valence-electron chi connectivity index (χ4n) is 2.86. The quantitative estimate of drug-likeness (QED) is 0.470. The zero-order valence-corrected chi connectivity index (χ0v) is 14.6. The summed E-state index contributed by atoms with van der Waals surface area (Å²) in [5.41, 5.74) is 2.47. The van der Waals surface area contributed by atoms with Crippen LogP contribution in [-0.4, -0.2) is 5.91 Å². The molecule has 1 aromatic heterocycles. The first kappa shape index (κ1) is 15.0. The average molecular weight is 380 g/mol. The predicted octanol–water partition coefficient (Wildman–Crippen LogP) is 5.91. The fourth-order valence-corrected chi connectivity index (χ4v) is 3.33. The Balaban J connectivity index is 1.73. The van der Waals surface area contributed by atoms with Crippen LogP contribution < -0.4 is 5.32 Å². The number of halogens is 1. The van der Waals surface area contributed by atoms with Crippen molar-refractivity contribution in [2.24, 2.45) is 0 Å². The zero-order valence-electron chi connectivity index (χ0n) is 13.0. The number of rotatable bonds is 2. The summed E-state index contributed by atoms with van der Waals surface area (Å²) in [5, 5.41) is 6.07. The van der Waals surface area contributed by atoms with Crippen molar-refractivity contribution in [1.29, 1.82) is 0 Å². The Labute approximate surface area is 147 Å². The highest BCUT2D eigenvalue weighted by molar-refractivity contribution is 9.10. The Kier molecular flexibility index (Phi) is 3.62. The van der Waals surface area contributed by atoms with Gasteiger partial charge in [0.05, 0.1) is 0 Å². The molecule has 0 spiro atoms. The molecule has 1 amide bonds. The van der Waals surface area contributed by atoms with E-state index in [1.165, 1.54) is 0 Å². The summed E-state index contributed by atoms with van der Waals surface area (Å²) >= 11 is 3.42. The van der Waals surface area contributed by atoms with Gasteiger partial charge in [0.2, 0.25) is 0 Å². The molecule has 1 heterocycles. The minimum absolute atomic E-state index is 0.249. The predicted molar refractivity (Wildman–Crippen MR) is 101 cm³/mol. The maximum Gasteiger partial charge on any atom is 0.291 e. The number of furan rings is 1. The van der Waals surface area contributed by atoms with E-state index in [9.17, 15) is 4.79 Å². The second-order valence-corrected chi connectivity index (χ2v) is 6.64. The van der Waals surface area contributed by atoms with Crippen LogP contribution in [0, 0.1) is 6.92 Å². The first-order valence-corrected chi connectivity index (χ1v) is 8.40. The molecule has 0 atom stereocenters. The average Bonchev–Trinajstić information content (AvgIpc) is 3.02. The number of nitrogens with one attached hydrogen (secondary N) is 1. The van der Waals surface area contributed by atoms with E-state index < -0.39 is 0 Å². The van der Waals surface area contributed by atoms with Crippen LogP contribution in [0.3, 0.4) is 0 Å². The van der Waals surface area contributed by atoms with E-state index in [-0.39, 0.29) is 5.91 Å². The molecule has 0 fully saturated rings. The van der Waals surface area contributed by atoms with E-state index >= 15 is 0 Å². The van der Waals surface area contributed by atoms with Crippen molar-refractivity contribution < 1.29 is 9.21 Å². The highest BCUT2D eigenvalue weighted by Crippen LogP contribution is 2.29. The van der Waals surface area contributed by atoms with Gasteiger partial charge in [-0.3, -0.25) is 4.79 Å². The van der Waals surface area contributed by atoms with Gasteiger partial charge >= 0.3 is 0 Å². The summed E-state index contributed by atoms with van der Waals surface area (Å²) in [6, 6.07) is 19.5. The van der Waals surface area contributed by atoms with Crippen molar-refractivity contribution >= 4 is 49.3 Å². The van der Waals surface area contributed by atoms with Gasteiger partial charge in [-0.05, 0) is 53.6 Å². The Morgan fingerprint density at radius 2 is 1.83 bits per heavy atom. The van der Waals surface area contributed by atoms with Crippen LogP contribution in [0.2, 0.25) is 0 Å². The number of fused-ring (bicyclic) bond motifs is 3. The van der Waals surface area contributed by atoms with Gasteiger partial charge in [0.25, 0.3) is 5.91 Å². The van der Waals surface area contributed by atoms with Crippen molar-refractivity contribution in [3.05, 3.63) is 76.5 Å². The summed E-state index contributed by atoms with van der Waals surface area (Å²) in [7, 11) is 0. The highest BCUT2D eigenvalue weighted by Gasteiger charge is 2.15. The summed E-state index contributed by atoms with van der Waals surface area (Å²) in [6.07, 6.45) is 0. The smallest absolute Gasteiger partial charge is 0.291 e. The molecular weight excluding hydrogens is 366 g/mol. The van der Waals surface area contributed by atoms with Gasteiger partial charge in [0, 0.05) is 15.5 Å². The lowest BCUT2D eigenvalue weighted by Gasteiger charge is -2.07. The third kappa shape index (κ3) is 2.59. The van der Waals surface area contributed by atoms with Gasteiger partial charge < -0.3 is 9.73 Å². The third-order valence-corrected chi connectivity index (χ3v) is 4.58. The molecule has 24 heavy (non-hydrogen) atoms. The lowest BCUT2D eigenvalue weighted by atomic mass is 10.1. The van der Waals surface area contributed by atoms with Crippen molar-refractivity contribution in [3.63, 3.8) is 0 Å². The SMILES string of the molecule is Cc1cc(Br)ccc1NC(=O)c1cc2c(ccc3ccccc32)o1. The highest BCUT2D eigenvalue weighted by atomic mass is 79.9. The van der Waals surface area contributed by atoms with E-state index in [0.717, 1.165) is 31.9 Å². The topological polar surface area (TPSA) is 42.2 Å². The molecule has 118 valence electrons. The minimum Gasteiger partial charge on any atom is -0.451 e. The number of aryl methyl sites for hydroxylation is 1. The Hall–Kier alpha value is -2.59. The summed E-state index contributed by atoms with van der Waals surface area (Å²) < 4.78 is 6.73. The number of hydrogen-bond donors (Lipinski definition) is 1. The normalized spacial score (nSPS) is 11.1. The van der Waals surface area contributed by atoms with Gasteiger partial charge in [0.1, 0.15) is 5.58 Å². The third-order valence-electron chi connectivity index (χ3n) is 4.09. The Morgan fingerprint density at radius 1 is 1.00 bits per heavy atom. The molecule has 0 saturated carbocycles. The first-order valence-electron chi connectivity index (χ1n) is 7.60. The molecule has 1 N–H and O–H groups in total. The van der Waals surface area contributed by atoms with Crippen LogP contribution in [0.5, 0.6) is 0 Å². The van der Waals surface area contributed by atoms with Crippen molar-refractivity contribution in [1.82, 2.24) is 0 Å². The molecule has 3 aromatic carbocycles. The zero-order chi connectivity index (χ0) is 16.7. The minimum atomic E-state index is -0.249. The summed E-state index contributed by atoms with van der Waals surface area (Å²) in [4.78, 5) is 12.5. The number of anilines is 1. The van der Waals surface area contributed by atoms with Crippen molar-refractivity contribution in [2.45, 2.75) is 6.92 Å². The standard InChI is InChI=1S/C20H14BrNO2/c1-12-10-14(21)7-8-17(12)22-20(23)19-11-16-15-5-3-2-4-13(15)6-9-18(16)24-19/h2-11H,1H3,(H,22,23). The van der Waals surface area contributed by atoms with Crippen LogP contribution in [0.15, 0.2) is 69.6 Å². The summed E-state index contributed by atoms with van der Waals surface area (Å²) in [5.74, 6) is 0.0596. The molecular formula is C20H14BrNO2. The molecule has 0 saturated heterocycles. The van der Waals surface area contributed by atoms with E-state index in [0.29, 0.717) is 11.3 Å². The number of carbonyl (C=O) groups excluding carboxylic acids is 1. The van der Waals surface area contributed by atoms with E-state index in [2.05, 4.69) is 21.2 Å². The number of benzene rings is 3. The van der Waals surface area contributed by atoms with E-state index in [1.54, 1.807) is 6.07 Å². The van der Waals surface area contributed by atoms with Crippen LogP contribution >= 0.6 is 15.9 Å². The molecule has 0 radical (unpaired) electrons. The number of hydrogen-bond acceptors (Lipinski definition) is 2. The lowest BCUT2D eigenvalue weighted by Crippen LogP contribution is -2.11. The van der Waals surface area contributed by atoms with E-state index in [1.807, 2.05) is 61.5 Å². The van der Waals surface area contributed by atoms with Gasteiger partial charge in [-0.15, -0.1) is 0 Å². The fraction of sp³-hybridized carbons (Fsp3) is 0.0500. The summed E-state index contributed by atoms with van der Waals surface area (Å²) in [6.45, 7) is 1.95. The second-order valence-electron chi connectivity index (χ2n) is 5.72. The van der Waals surface area contributed by atoms with E-state index in [4.69, 9.17) is 4.42 Å². The lowest BCUT2D eigenvalue weighted by molar-refractivity contribution is 0.0998. The van der Waals surface area contributed by atoms with Gasteiger partial charge in [0.15, 0.2) is 5.76 Å². The van der Waals surface area contributed by atoms with Gasteiger partial charge in [-0.25, -0.2) is 0 Å². The molecule has 0 aliphatic carbocycles. The Bertz CT molecular complexity index is 1080. The van der Waals surface area contributed by atoms with Crippen molar-refractivity contribution in [2.75, 3.05) is 5.32 Å². The Morgan fingerprint density at radius 3 is 2.67 bits per heavy atom. The van der Waals surface area contributed by atoms with Crippen LogP contribution in [0.4, 0.5) is 5.69 Å².